The number of hydrogen-bond acceptors (Lipinski definition) is 5. The highest BCUT2D eigenvalue weighted by atomic mass is 16.4. The Kier molecular flexibility index (Phi) is 5.46. The van der Waals surface area contributed by atoms with Crippen LogP contribution >= 0.6 is 0 Å². The predicted octanol–water partition coefficient (Wildman–Crippen LogP) is 3.51. The molecule has 4 rings (SSSR count). The van der Waals surface area contributed by atoms with Crippen molar-refractivity contribution in [3.63, 3.8) is 0 Å². The number of hydrogen-bond donors (Lipinski definition) is 0. The van der Waals surface area contributed by atoms with Crippen LogP contribution in [0.1, 0.15) is 47.6 Å². The Labute approximate surface area is 164 Å². The normalized spacial score (nSPS) is 16.1. The maximum Gasteiger partial charge on any atom is 0.230 e. The minimum Gasteiger partial charge on any atom is -0.425 e. The Morgan fingerprint density at radius 1 is 1.11 bits per heavy atom. The fourth-order valence-electron chi connectivity index (χ4n) is 3.83. The number of aryl methyl sites for hydroxylation is 1. The molecule has 28 heavy (non-hydrogen) atoms. The van der Waals surface area contributed by atoms with E-state index >= 15 is 0 Å². The number of likely N-dealkylation sites (tertiary alicyclic amines) is 1. The molecule has 1 atom stereocenters. The van der Waals surface area contributed by atoms with Crippen molar-refractivity contribution in [2.75, 3.05) is 13.1 Å². The SMILES string of the molecule is Cc1nnc(C2CCN(C(=O)C(Cc3ccncc3)c3ccccc3)CC2)o1. The molecule has 6 nitrogen and oxygen atoms in total. The van der Waals surface area contributed by atoms with Crippen molar-refractivity contribution in [1.82, 2.24) is 20.1 Å². The van der Waals surface area contributed by atoms with Crippen molar-refractivity contribution < 1.29 is 9.21 Å². The third kappa shape index (κ3) is 4.11. The summed E-state index contributed by atoms with van der Waals surface area (Å²) in [7, 11) is 0. The molecule has 0 spiro atoms. The van der Waals surface area contributed by atoms with Crippen LogP contribution in [0, 0.1) is 6.92 Å². The number of pyridine rings is 1. The van der Waals surface area contributed by atoms with Crippen molar-refractivity contribution in [3.05, 3.63) is 77.8 Å². The van der Waals surface area contributed by atoms with Crippen LogP contribution in [-0.4, -0.2) is 39.1 Å². The smallest absolute Gasteiger partial charge is 0.230 e. The number of aromatic nitrogens is 3. The quantitative estimate of drug-likeness (QED) is 0.681. The zero-order chi connectivity index (χ0) is 19.3. The molecule has 3 heterocycles. The lowest BCUT2D eigenvalue weighted by Gasteiger charge is -2.33. The van der Waals surface area contributed by atoms with Crippen LogP contribution in [0.5, 0.6) is 0 Å². The number of nitrogens with zero attached hydrogens (tertiary/aromatic N) is 4. The van der Waals surface area contributed by atoms with Gasteiger partial charge in [0.05, 0.1) is 5.92 Å². The van der Waals surface area contributed by atoms with Crippen LogP contribution < -0.4 is 0 Å². The molecule has 0 aliphatic carbocycles. The van der Waals surface area contributed by atoms with E-state index in [1.807, 2.05) is 47.4 Å². The second-order valence-corrected chi connectivity index (χ2v) is 7.28. The second kappa shape index (κ2) is 8.33. The van der Waals surface area contributed by atoms with E-state index in [1.165, 1.54) is 0 Å². The molecular formula is C22H24N4O2. The molecule has 0 bridgehead atoms. The van der Waals surface area contributed by atoms with E-state index < -0.39 is 0 Å². The molecule has 1 amide bonds. The molecule has 1 unspecified atom stereocenters. The first-order valence-corrected chi connectivity index (χ1v) is 9.73. The summed E-state index contributed by atoms with van der Waals surface area (Å²) in [6.45, 7) is 3.23. The van der Waals surface area contributed by atoms with Crippen LogP contribution in [0.15, 0.2) is 59.3 Å². The minimum absolute atomic E-state index is 0.183. The molecule has 1 aliphatic heterocycles. The van der Waals surface area contributed by atoms with Gasteiger partial charge in [-0.05, 0) is 42.5 Å². The Morgan fingerprint density at radius 2 is 1.82 bits per heavy atom. The second-order valence-electron chi connectivity index (χ2n) is 7.28. The summed E-state index contributed by atoms with van der Waals surface area (Å²) in [5.74, 6) is 1.52. The van der Waals surface area contributed by atoms with Gasteiger partial charge in [0.2, 0.25) is 17.7 Å². The van der Waals surface area contributed by atoms with Gasteiger partial charge in [-0.15, -0.1) is 10.2 Å². The average molecular weight is 376 g/mol. The standard InChI is InChI=1S/C22H24N4O2/c1-16-24-25-21(28-16)19-9-13-26(14-10-19)22(27)20(18-5-3-2-4-6-18)15-17-7-11-23-12-8-17/h2-8,11-12,19-20H,9-10,13-15H2,1H3. The molecule has 1 aromatic carbocycles. The fraction of sp³-hybridized carbons (Fsp3) is 0.364. The first kappa shape index (κ1) is 18.3. The Balaban J connectivity index is 1.48. The molecule has 6 heteroatoms. The van der Waals surface area contributed by atoms with Gasteiger partial charge in [0, 0.05) is 38.3 Å². The minimum atomic E-state index is -0.189. The van der Waals surface area contributed by atoms with Gasteiger partial charge in [0.25, 0.3) is 0 Å². The van der Waals surface area contributed by atoms with Gasteiger partial charge in [-0.25, -0.2) is 0 Å². The molecule has 144 valence electrons. The number of carbonyl (C=O) groups excluding carboxylic acids is 1. The molecule has 2 aromatic heterocycles. The summed E-state index contributed by atoms with van der Waals surface area (Å²) < 4.78 is 5.58. The van der Waals surface area contributed by atoms with Crippen molar-refractivity contribution in [1.29, 1.82) is 0 Å². The number of carbonyl (C=O) groups is 1. The summed E-state index contributed by atoms with van der Waals surface area (Å²) in [5.41, 5.74) is 2.17. The molecule has 0 N–H and O–H groups in total. The first-order valence-electron chi connectivity index (χ1n) is 9.73. The van der Waals surface area contributed by atoms with E-state index in [0.29, 0.717) is 31.3 Å². The largest absolute Gasteiger partial charge is 0.425 e. The van der Waals surface area contributed by atoms with Crippen LogP contribution in [0.4, 0.5) is 0 Å². The van der Waals surface area contributed by atoms with Crippen molar-refractivity contribution in [3.8, 4) is 0 Å². The van der Waals surface area contributed by atoms with E-state index in [-0.39, 0.29) is 17.7 Å². The number of amides is 1. The third-order valence-electron chi connectivity index (χ3n) is 5.39. The number of rotatable bonds is 5. The van der Waals surface area contributed by atoms with Gasteiger partial charge in [0.1, 0.15) is 0 Å². The van der Waals surface area contributed by atoms with Gasteiger partial charge < -0.3 is 9.32 Å². The van der Waals surface area contributed by atoms with Crippen LogP contribution in [-0.2, 0) is 11.2 Å². The monoisotopic (exact) mass is 376 g/mol. The molecule has 1 saturated heterocycles. The Bertz CT molecular complexity index is 903. The molecule has 3 aromatic rings. The lowest BCUT2D eigenvalue weighted by atomic mass is 9.89. The van der Waals surface area contributed by atoms with Gasteiger partial charge in [0.15, 0.2) is 0 Å². The Hall–Kier alpha value is -3.02. The average Bonchev–Trinajstić information content (AvgIpc) is 3.19. The predicted molar refractivity (Wildman–Crippen MR) is 105 cm³/mol. The van der Waals surface area contributed by atoms with Crippen molar-refractivity contribution >= 4 is 5.91 Å². The lowest BCUT2D eigenvalue weighted by molar-refractivity contribution is -0.134. The highest BCUT2D eigenvalue weighted by Crippen LogP contribution is 2.30. The molecule has 0 radical (unpaired) electrons. The highest BCUT2D eigenvalue weighted by Gasteiger charge is 2.31. The van der Waals surface area contributed by atoms with E-state index in [2.05, 4.69) is 15.2 Å². The fourth-order valence-corrected chi connectivity index (χ4v) is 3.83. The number of piperidine rings is 1. The van der Waals surface area contributed by atoms with Gasteiger partial charge >= 0.3 is 0 Å². The summed E-state index contributed by atoms with van der Waals surface area (Å²) in [6, 6.07) is 14.0. The lowest BCUT2D eigenvalue weighted by Crippen LogP contribution is -2.41. The topological polar surface area (TPSA) is 72.1 Å². The zero-order valence-corrected chi connectivity index (χ0v) is 16.0. The summed E-state index contributed by atoms with van der Waals surface area (Å²) in [5, 5.41) is 8.08. The summed E-state index contributed by atoms with van der Waals surface area (Å²) in [4.78, 5) is 19.5. The van der Waals surface area contributed by atoms with Crippen molar-refractivity contribution in [2.24, 2.45) is 0 Å². The van der Waals surface area contributed by atoms with Crippen molar-refractivity contribution in [2.45, 2.75) is 38.0 Å². The van der Waals surface area contributed by atoms with E-state index in [1.54, 1.807) is 19.3 Å². The van der Waals surface area contributed by atoms with Crippen LogP contribution in [0.2, 0.25) is 0 Å². The summed E-state index contributed by atoms with van der Waals surface area (Å²) in [6.07, 6.45) is 5.93. The highest BCUT2D eigenvalue weighted by molar-refractivity contribution is 5.84. The zero-order valence-electron chi connectivity index (χ0n) is 16.0. The van der Waals surface area contributed by atoms with Gasteiger partial charge in [-0.2, -0.15) is 0 Å². The number of benzene rings is 1. The molecule has 1 aliphatic rings. The van der Waals surface area contributed by atoms with Gasteiger partial charge in [-0.3, -0.25) is 9.78 Å². The Morgan fingerprint density at radius 3 is 2.46 bits per heavy atom. The first-order chi connectivity index (χ1) is 13.7. The van der Waals surface area contributed by atoms with Crippen LogP contribution in [0.3, 0.4) is 0 Å². The summed E-state index contributed by atoms with van der Waals surface area (Å²) >= 11 is 0. The van der Waals surface area contributed by atoms with Crippen LogP contribution in [0.25, 0.3) is 0 Å². The molecular weight excluding hydrogens is 352 g/mol. The maximum atomic E-state index is 13.4. The molecule has 0 saturated carbocycles. The van der Waals surface area contributed by atoms with E-state index in [4.69, 9.17) is 4.42 Å². The van der Waals surface area contributed by atoms with Gasteiger partial charge in [-0.1, -0.05) is 30.3 Å². The third-order valence-corrected chi connectivity index (χ3v) is 5.39. The maximum absolute atomic E-state index is 13.4. The van der Waals surface area contributed by atoms with E-state index in [0.717, 1.165) is 24.0 Å². The molecule has 1 fully saturated rings. The van der Waals surface area contributed by atoms with E-state index in [9.17, 15) is 4.79 Å².